The summed E-state index contributed by atoms with van der Waals surface area (Å²) < 4.78 is 50.7. The van der Waals surface area contributed by atoms with E-state index in [0.717, 1.165) is 17.8 Å². The number of carbonyl (C=O) groups excluding carboxylic acids is 1. The maximum absolute atomic E-state index is 13.3. The number of nitrogens with two attached hydrogens (primary N) is 1. The number of nitrogens with zero attached hydrogens (tertiary/aromatic N) is 4. The molecular weight excluding hydrogens is 507 g/mol. The minimum atomic E-state index is -4.80. The number of halogens is 3. The highest BCUT2D eigenvalue weighted by Crippen LogP contribution is 2.37. The number of aromatic nitrogens is 1. The number of carbonyl (C=O) groups is 1. The largest absolute Gasteiger partial charge is 0.481 e. The van der Waals surface area contributed by atoms with Crippen molar-refractivity contribution in [2.45, 2.75) is 44.0 Å². The van der Waals surface area contributed by atoms with Gasteiger partial charge in [0.15, 0.2) is 0 Å². The fourth-order valence-electron chi connectivity index (χ4n) is 4.91. The lowest BCUT2D eigenvalue weighted by molar-refractivity contribution is -0.615. The number of piperazine rings is 1. The number of methoxy groups -OCH3 is 1. The fraction of sp³-hybridized carbons (Fsp3) is 0.520. The van der Waals surface area contributed by atoms with Crippen LogP contribution in [0, 0.1) is 10.1 Å². The van der Waals surface area contributed by atoms with E-state index >= 15 is 0 Å². The van der Waals surface area contributed by atoms with Gasteiger partial charge in [-0.05, 0) is 18.9 Å². The van der Waals surface area contributed by atoms with Gasteiger partial charge in [-0.2, -0.15) is 13.2 Å². The number of nitro groups is 1. The summed E-state index contributed by atoms with van der Waals surface area (Å²) in [4.78, 5) is 30.8. The van der Waals surface area contributed by atoms with Crippen molar-refractivity contribution in [1.29, 1.82) is 0 Å². The van der Waals surface area contributed by atoms with Crippen LogP contribution in [-0.2, 0) is 15.7 Å². The number of quaternary nitrogens is 1. The van der Waals surface area contributed by atoms with Crippen LogP contribution in [0.5, 0.6) is 5.88 Å². The number of ether oxygens (including phenoxy) is 2. The maximum atomic E-state index is 13.3. The SMILES string of the molecule is COc1ccc(N2CCN(C(=O)COC3CCC([NH2+]c4ccc([N+](=O)[O-])c(C(F)(F)F)c4)CC3)CC2)cn1. The van der Waals surface area contributed by atoms with E-state index in [1.165, 1.54) is 6.07 Å². The molecule has 10 nitrogen and oxygen atoms in total. The number of nitro benzene ring substituents is 1. The van der Waals surface area contributed by atoms with E-state index in [-0.39, 0.29) is 24.7 Å². The second-order valence-corrected chi connectivity index (χ2v) is 9.47. The van der Waals surface area contributed by atoms with E-state index in [0.29, 0.717) is 63.4 Å². The van der Waals surface area contributed by atoms with Crippen molar-refractivity contribution in [1.82, 2.24) is 9.88 Å². The smallest absolute Gasteiger partial charge is 0.423 e. The highest BCUT2D eigenvalue weighted by molar-refractivity contribution is 5.77. The van der Waals surface area contributed by atoms with Crippen molar-refractivity contribution >= 4 is 23.0 Å². The summed E-state index contributed by atoms with van der Waals surface area (Å²) in [5.74, 6) is 0.491. The summed E-state index contributed by atoms with van der Waals surface area (Å²) in [7, 11) is 1.57. The van der Waals surface area contributed by atoms with E-state index in [1.54, 1.807) is 29.6 Å². The zero-order valence-corrected chi connectivity index (χ0v) is 21.0. The molecular formula is C25H31F3N5O5+. The van der Waals surface area contributed by atoms with Crippen LogP contribution in [0.1, 0.15) is 31.2 Å². The fourth-order valence-corrected chi connectivity index (χ4v) is 4.91. The van der Waals surface area contributed by atoms with Gasteiger partial charge in [-0.1, -0.05) is 0 Å². The summed E-state index contributed by atoms with van der Waals surface area (Å²) in [6, 6.07) is 6.87. The summed E-state index contributed by atoms with van der Waals surface area (Å²) in [6.07, 6.45) is -0.360. The van der Waals surface area contributed by atoms with Crippen LogP contribution in [-0.4, -0.2) is 72.8 Å². The number of hydrogen-bond acceptors (Lipinski definition) is 7. The molecule has 0 radical (unpaired) electrons. The van der Waals surface area contributed by atoms with E-state index in [9.17, 15) is 28.1 Å². The molecule has 1 aliphatic carbocycles. The molecule has 38 heavy (non-hydrogen) atoms. The highest BCUT2D eigenvalue weighted by Gasteiger charge is 2.39. The lowest BCUT2D eigenvalue weighted by Crippen LogP contribution is -2.85. The van der Waals surface area contributed by atoms with E-state index in [1.807, 2.05) is 6.07 Å². The van der Waals surface area contributed by atoms with Gasteiger partial charge in [0.2, 0.25) is 11.8 Å². The molecule has 2 heterocycles. The molecule has 2 N–H and O–H groups in total. The third-order valence-corrected chi connectivity index (χ3v) is 7.04. The second-order valence-electron chi connectivity index (χ2n) is 9.47. The lowest BCUT2D eigenvalue weighted by atomic mass is 9.92. The molecule has 1 saturated carbocycles. The first kappa shape index (κ1) is 27.6. The Morgan fingerprint density at radius 3 is 2.42 bits per heavy atom. The van der Waals surface area contributed by atoms with Crippen LogP contribution in [0.3, 0.4) is 0 Å². The summed E-state index contributed by atoms with van der Waals surface area (Å²) >= 11 is 0. The monoisotopic (exact) mass is 538 g/mol. The molecule has 0 unspecified atom stereocenters. The molecule has 13 heteroatoms. The van der Waals surface area contributed by atoms with Crippen molar-refractivity contribution < 1.29 is 37.7 Å². The average Bonchev–Trinajstić information content (AvgIpc) is 2.92. The lowest BCUT2D eigenvalue weighted by Gasteiger charge is -2.36. The number of anilines is 1. The van der Waals surface area contributed by atoms with Gasteiger partial charge in [-0.25, -0.2) is 4.98 Å². The number of amides is 1. The molecule has 1 saturated heterocycles. The molecule has 2 fully saturated rings. The number of alkyl halides is 3. The third-order valence-electron chi connectivity index (χ3n) is 7.04. The first-order valence-electron chi connectivity index (χ1n) is 12.5. The van der Waals surface area contributed by atoms with Gasteiger partial charge < -0.3 is 24.6 Å². The molecule has 4 rings (SSSR count). The Labute approximate surface area is 217 Å². The van der Waals surface area contributed by atoms with E-state index in [4.69, 9.17) is 9.47 Å². The van der Waals surface area contributed by atoms with Crippen LogP contribution >= 0.6 is 0 Å². The minimum absolute atomic E-state index is 0.000431. The molecule has 1 aromatic heterocycles. The van der Waals surface area contributed by atoms with Gasteiger partial charge in [-0.15, -0.1) is 0 Å². The molecule has 1 amide bonds. The summed E-state index contributed by atoms with van der Waals surface area (Å²) in [5.41, 5.74) is -0.901. The predicted molar refractivity (Wildman–Crippen MR) is 131 cm³/mol. The van der Waals surface area contributed by atoms with Crippen LogP contribution in [0.15, 0.2) is 36.5 Å². The minimum Gasteiger partial charge on any atom is -0.481 e. The summed E-state index contributed by atoms with van der Waals surface area (Å²) in [5, 5.41) is 12.7. The van der Waals surface area contributed by atoms with Gasteiger partial charge in [0.25, 0.3) is 5.69 Å². The van der Waals surface area contributed by atoms with Gasteiger partial charge in [0.05, 0.1) is 36.1 Å². The quantitative estimate of drug-likeness (QED) is 0.312. The molecule has 1 aliphatic heterocycles. The topological polar surface area (TPSA) is 115 Å². The van der Waals surface area contributed by atoms with Crippen LogP contribution in [0.25, 0.3) is 0 Å². The Kier molecular flexibility index (Phi) is 8.67. The number of hydrogen-bond donors (Lipinski definition) is 1. The van der Waals surface area contributed by atoms with Gasteiger partial charge in [0, 0.05) is 63.3 Å². The van der Waals surface area contributed by atoms with Crippen LogP contribution < -0.4 is 15.0 Å². The number of pyridine rings is 1. The van der Waals surface area contributed by atoms with Crippen molar-refractivity contribution in [2.24, 2.45) is 0 Å². The van der Waals surface area contributed by atoms with Gasteiger partial charge in [-0.3, -0.25) is 14.9 Å². The van der Waals surface area contributed by atoms with Gasteiger partial charge >= 0.3 is 6.18 Å². The van der Waals surface area contributed by atoms with Crippen molar-refractivity contribution in [3.05, 3.63) is 52.2 Å². The van der Waals surface area contributed by atoms with Gasteiger partial charge in [0.1, 0.15) is 17.9 Å². The second kappa shape index (κ2) is 11.9. The normalized spacial score (nSPS) is 20.3. The third kappa shape index (κ3) is 6.90. The zero-order chi connectivity index (χ0) is 27.3. The predicted octanol–water partition coefficient (Wildman–Crippen LogP) is 2.89. The zero-order valence-electron chi connectivity index (χ0n) is 21.0. The Hall–Kier alpha value is -3.45. The van der Waals surface area contributed by atoms with Crippen molar-refractivity contribution in [3.8, 4) is 5.88 Å². The Morgan fingerprint density at radius 2 is 1.84 bits per heavy atom. The van der Waals surface area contributed by atoms with Crippen LogP contribution in [0.4, 0.5) is 30.2 Å². The molecule has 0 spiro atoms. The average molecular weight is 539 g/mol. The molecule has 2 aromatic rings. The molecule has 0 bridgehead atoms. The standard InChI is InChI=1S/C25H30F3N5O5/c1-37-23-9-5-19(15-29-23)31-10-12-32(13-11-31)24(34)16-38-20-6-2-17(3-7-20)30-18-4-8-22(33(35)36)21(14-18)25(26,27)28/h4-5,8-9,14-15,17,20,30H,2-3,6-7,10-13,16H2,1H3/p+1. The summed E-state index contributed by atoms with van der Waals surface area (Å²) in [6.45, 7) is 2.56. The number of rotatable bonds is 8. The Bertz CT molecular complexity index is 1120. The molecule has 206 valence electrons. The molecule has 1 aromatic carbocycles. The Morgan fingerprint density at radius 1 is 1.13 bits per heavy atom. The first-order chi connectivity index (χ1) is 18.1. The van der Waals surface area contributed by atoms with E-state index < -0.39 is 22.4 Å². The highest BCUT2D eigenvalue weighted by atomic mass is 19.4. The molecule has 0 atom stereocenters. The number of benzene rings is 1. The van der Waals surface area contributed by atoms with Crippen LogP contribution in [0.2, 0.25) is 0 Å². The van der Waals surface area contributed by atoms with Crippen molar-refractivity contribution in [3.63, 3.8) is 0 Å². The maximum Gasteiger partial charge on any atom is 0.423 e. The van der Waals surface area contributed by atoms with Crippen molar-refractivity contribution in [2.75, 3.05) is 44.8 Å². The first-order valence-corrected chi connectivity index (χ1v) is 12.5. The Balaban J connectivity index is 1.19. The van der Waals surface area contributed by atoms with E-state index in [2.05, 4.69) is 9.88 Å². The molecule has 2 aliphatic rings.